The molecule has 0 bridgehead atoms. The van der Waals surface area contributed by atoms with Gasteiger partial charge < -0.3 is 5.32 Å². The Morgan fingerprint density at radius 2 is 2.00 bits per heavy atom. The van der Waals surface area contributed by atoms with Gasteiger partial charge in [0.25, 0.3) is 0 Å². The molecule has 1 saturated carbocycles. The van der Waals surface area contributed by atoms with Gasteiger partial charge in [0.1, 0.15) is 0 Å². The molecule has 96 valence electrons. The number of hydrogen-bond acceptors (Lipinski definition) is 3. The molecular weight excluding hydrogens is 222 g/mol. The Hall–Kier alpha value is -0.0900. The van der Waals surface area contributed by atoms with Gasteiger partial charge in [-0.15, -0.1) is 0 Å². The summed E-state index contributed by atoms with van der Waals surface area (Å²) in [5.41, 5.74) is 0.0959. The Bertz CT molecular complexity index is 322. The van der Waals surface area contributed by atoms with Crippen LogP contribution in [0.25, 0.3) is 0 Å². The van der Waals surface area contributed by atoms with Gasteiger partial charge in [0.2, 0.25) is 0 Å². The van der Waals surface area contributed by atoms with Gasteiger partial charge in [-0.25, -0.2) is 8.42 Å². The third-order valence-corrected chi connectivity index (χ3v) is 6.13. The molecule has 3 nitrogen and oxygen atoms in total. The average molecular weight is 247 g/mol. The molecule has 4 heteroatoms. The summed E-state index contributed by atoms with van der Waals surface area (Å²) in [5, 5.41) is 3.03. The van der Waals surface area contributed by atoms with E-state index in [1.807, 2.05) is 14.0 Å². The number of unbranched alkanes of at least 4 members (excludes halogenated alkanes) is 1. The van der Waals surface area contributed by atoms with Crippen LogP contribution in [0.4, 0.5) is 0 Å². The Balaban J connectivity index is 2.81. The van der Waals surface area contributed by atoms with Crippen LogP contribution in [0.15, 0.2) is 0 Å². The number of hydrogen-bond donors (Lipinski definition) is 1. The van der Waals surface area contributed by atoms with Crippen LogP contribution in [0, 0.1) is 5.41 Å². The SMILES string of the molecule is CCCCS(=O)(=O)C1CCC(C)(C)C1NC. The summed E-state index contributed by atoms with van der Waals surface area (Å²) >= 11 is 0. The summed E-state index contributed by atoms with van der Waals surface area (Å²) in [7, 11) is -1.04. The van der Waals surface area contributed by atoms with Crippen molar-refractivity contribution in [3.05, 3.63) is 0 Å². The second-order valence-corrected chi connectivity index (χ2v) is 7.89. The second-order valence-electron chi connectivity index (χ2n) is 5.55. The lowest BCUT2D eigenvalue weighted by Crippen LogP contribution is -2.46. The van der Waals surface area contributed by atoms with Gasteiger partial charge in [0.05, 0.1) is 11.0 Å². The van der Waals surface area contributed by atoms with E-state index in [9.17, 15) is 8.42 Å². The Morgan fingerprint density at radius 3 is 2.50 bits per heavy atom. The molecule has 0 saturated heterocycles. The molecule has 0 aliphatic heterocycles. The first-order chi connectivity index (χ1) is 7.35. The minimum atomic E-state index is -2.92. The van der Waals surface area contributed by atoms with Crippen LogP contribution in [0.2, 0.25) is 0 Å². The molecular formula is C12H25NO2S. The molecule has 1 rings (SSSR count). The third-order valence-electron chi connectivity index (χ3n) is 3.84. The Kier molecular flexibility index (Phi) is 4.41. The Morgan fingerprint density at radius 1 is 1.38 bits per heavy atom. The van der Waals surface area contributed by atoms with E-state index in [4.69, 9.17) is 0 Å². The highest BCUT2D eigenvalue weighted by Gasteiger charge is 2.46. The smallest absolute Gasteiger partial charge is 0.154 e. The van der Waals surface area contributed by atoms with Gasteiger partial charge in [-0.05, 0) is 31.7 Å². The van der Waals surface area contributed by atoms with Gasteiger partial charge in [-0.2, -0.15) is 0 Å². The van der Waals surface area contributed by atoms with E-state index in [0.29, 0.717) is 5.75 Å². The van der Waals surface area contributed by atoms with Crippen molar-refractivity contribution in [2.45, 2.75) is 57.7 Å². The van der Waals surface area contributed by atoms with Crippen molar-refractivity contribution < 1.29 is 8.42 Å². The minimum absolute atomic E-state index is 0.0959. The topological polar surface area (TPSA) is 46.2 Å². The molecule has 0 aromatic rings. The summed E-state index contributed by atoms with van der Waals surface area (Å²) in [5.74, 6) is 0.350. The zero-order valence-electron chi connectivity index (χ0n) is 10.9. The molecule has 16 heavy (non-hydrogen) atoms. The van der Waals surface area contributed by atoms with Crippen molar-refractivity contribution in [1.82, 2.24) is 5.32 Å². The van der Waals surface area contributed by atoms with Crippen LogP contribution in [0.5, 0.6) is 0 Å². The highest BCUT2D eigenvalue weighted by Crippen LogP contribution is 2.40. The molecule has 1 aliphatic rings. The second kappa shape index (κ2) is 5.05. The molecule has 2 unspecified atom stereocenters. The summed E-state index contributed by atoms with van der Waals surface area (Å²) < 4.78 is 24.4. The van der Waals surface area contributed by atoms with Crippen LogP contribution in [-0.4, -0.2) is 32.5 Å². The van der Waals surface area contributed by atoms with Crippen molar-refractivity contribution in [1.29, 1.82) is 0 Å². The third kappa shape index (κ3) is 2.77. The van der Waals surface area contributed by atoms with Gasteiger partial charge >= 0.3 is 0 Å². The molecule has 0 radical (unpaired) electrons. The standard InChI is InChI=1S/C12H25NO2S/c1-5-6-9-16(14,15)10-7-8-12(2,3)11(10)13-4/h10-11,13H,5-9H2,1-4H3. The average Bonchev–Trinajstić information content (AvgIpc) is 2.51. The van der Waals surface area contributed by atoms with E-state index in [2.05, 4.69) is 19.2 Å². The fourth-order valence-corrected chi connectivity index (χ4v) is 5.19. The monoisotopic (exact) mass is 247 g/mol. The van der Waals surface area contributed by atoms with Crippen LogP contribution in [-0.2, 0) is 9.84 Å². The highest BCUT2D eigenvalue weighted by atomic mass is 32.2. The first kappa shape index (κ1) is 14.0. The number of rotatable bonds is 5. The van der Waals surface area contributed by atoms with Crippen LogP contribution in [0.3, 0.4) is 0 Å². The van der Waals surface area contributed by atoms with E-state index >= 15 is 0 Å². The van der Waals surface area contributed by atoms with Crippen molar-refractivity contribution in [2.75, 3.05) is 12.8 Å². The number of nitrogens with one attached hydrogen (secondary N) is 1. The normalized spacial score (nSPS) is 29.5. The molecule has 0 heterocycles. The fourth-order valence-electron chi connectivity index (χ4n) is 2.80. The molecule has 0 amide bonds. The predicted octanol–water partition coefficient (Wildman–Crippen LogP) is 1.98. The summed E-state index contributed by atoms with van der Waals surface area (Å²) in [6.45, 7) is 6.34. The minimum Gasteiger partial charge on any atom is -0.315 e. The van der Waals surface area contributed by atoms with E-state index in [0.717, 1.165) is 25.7 Å². The van der Waals surface area contributed by atoms with Gasteiger partial charge in [0, 0.05) is 6.04 Å². The van der Waals surface area contributed by atoms with E-state index < -0.39 is 9.84 Å². The molecule has 1 aliphatic carbocycles. The predicted molar refractivity (Wildman–Crippen MR) is 68.3 cm³/mol. The molecule has 0 aromatic heterocycles. The van der Waals surface area contributed by atoms with Crippen molar-refractivity contribution in [3.63, 3.8) is 0 Å². The van der Waals surface area contributed by atoms with Crippen molar-refractivity contribution in [2.24, 2.45) is 5.41 Å². The zero-order chi connectivity index (χ0) is 12.4. The fraction of sp³-hybridized carbons (Fsp3) is 1.00. The first-order valence-electron chi connectivity index (χ1n) is 6.24. The van der Waals surface area contributed by atoms with Gasteiger partial charge in [-0.1, -0.05) is 27.2 Å². The quantitative estimate of drug-likeness (QED) is 0.808. The summed E-state index contributed by atoms with van der Waals surface area (Å²) in [4.78, 5) is 0. The van der Waals surface area contributed by atoms with Gasteiger partial charge in [0.15, 0.2) is 9.84 Å². The number of sulfone groups is 1. The Labute approximate surface area is 99.9 Å². The first-order valence-corrected chi connectivity index (χ1v) is 7.95. The maximum atomic E-state index is 12.2. The lowest BCUT2D eigenvalue weighted by molar-refractivity contribution is 0.297. The lowest BCUT2D eigenvalue weighted by atomic mass is 9.87. The van der Waals surface area contributed by atoms with E-state index in [1.54, 1.807) is 0 Å². The van der Waals surface area contributed by atoms with E-state index in [1.165, 1.54) is 0 Å². The highest BCUT2D eigenvalue weighted by molar-refractivity contribution is 7.92. The molecule has 0 spiro atoms. The van der Waals surface area contributed by atoms with Crippen molar-refractivity contribution in [3.8, 4) is 0 Å². The van der Waals surface area contributed by atoms with Crippen LogP contribution in [0.1, 0.15) is 46.5 Å². The molecule has 0 aromatic carbocycles. The largest absolute Gasteiger partial charge is 0.315 e. The van der Waals surface area contributed by atoms with Crippen LogP contribution < -0.4 is 5.32 Å². The molecule has 1 fully saturated rings. The summed E-state index contributed by atoms with van der Waals surface area (Å²) in [6.07, 6.45) is 3.54. The molecule has 2 atom stereocenters. The summed E-state index contributed by atoms with van der Waals surface area (Å²) in [6, 6.07) is 0.106. The maximum absolute atomic E-state index is 12.2. The van der Waals surface area contributed by atoms with Gasteiger partial charge in [-0.3, -0.25) is 0 Å². The van der Waals surface area contributed by atoms with Crippen molar-refractivity contribution >= 4 is 9.84 Å². The van der Waals surface area contributed by atoms with E-state index in [-0.39, 0.29) is 16.7 Å². The molecule has 1 N–H and O–H groups in total. The van der Waals surface area contributed by atoms with Crippen LogP contribution >= 0.6 is 0 Å². The maximum Gasteiger partial charge on any atom is 0.154 e. The zero-order valence-corrected chi connectivity index (χ0v) is 11.7. The lowest BCUT2D eigenvalue weighted by Gasteiger charge is -2.30.